The predicted octanol–water partition coefficient (Wildman–Crippen LogP) is 3.99. The van der Waals surface area contributed by atoms with E-state index in [9.17, 15) is 10.1 Å². The van der Waals surface area contributed by atoms with Gasteiger partial charge in [-0.2, -0.15) is 5.26 Å². The fraction of sp³-hybridized carbons (Fsp3) is 0.611. The highest BCUT2D eigenvalue weighted by molar-refractivity contribution is 8.03. The minimum atomic E-state index is -0.217. The molecule has 0 unspecified atom stereocenters. The number of nitrogens with zero attached hydrogens (tertiary/aromatic N) is 3. The molecule has 2 aliphatic rings. The second-order valence-corrected chi connectivity index (χ2v) is 6.83. The van der Waals surface area contributed by atoms with E-state index >= 15 is 0 Å². The second-order valence-electron chi connectivity index (χ2n) is 5.87. The maximum Gasteiger partial charge on any atom is 0.316 e. The summed E-state index contributed by atoms with van der Waals surface area (Å²) in [5, 5.41) is 10.0. The van der Waals surface area contributed by atoms with Crippen molar-refractivity contribution in [1.29, 1.82) is 5.26 Å². The van der Waals surface area contributed by atoms with Crippen LogP contribution in [0.2, 0.25) is 0 Å². The molecule has 0 bridgehead atoms. The first kappa shape index (κ1) is 18.6. The van der Waals surface area contributed by atoms with Gasteiger partial charge in [-0.1, -0.05) is 50.8 Å². The molecule has 5 nitrogen and oxygen atoms in total. The number of esters is 1. The molecule has 0 saturated heterocycles. The summed E-state index contributed by atoms with van der Waals surface area (Å²) in [5.41, 5.74) is 0.516. The smallest absolute Gasteiger partial charge is 0.316 e. The lowest BCUT2D eigenvalue weighted by atomic mass is 10.1. The van der Waals surface area contributed by atoms with Gasteiger partial charge in [0.15, 0.2) is 0 Å². The Kier molecular flexibility index (Phi) is 7.90. The third kappa shape index (κ3) is 5.41. The van der Waals surface area contributed by atoms with Crippen molar-refractivity contribution in [3.8, 4) is 6.07 Å². The number of ether oxygens (including phenoxy) is 1. The molecule has 0 spiro atoms. The molecule has 0 N–H and O–H groups in total. The van der Waals surface area contributed by atoms with Gasteiger partial charge in [0.25, 0.3) is 0 Å². The van der Waals surface area contributed by atoms with E-state index in [0.717, 1.165) is 36.7 Å². The van der Waals surface area contributed by atoms with Gasteiger partial charge < -0.3 is 9.64 Å². The van der Waals surface area contributed by atoms with Crippen molar-refractivity contribution in [3.63, 3.8) is 0 Å². The number of hydrogen-bond acceptors (Lipinski definition) is 6. The maximum absolute atomic E-state index is 11.9. The number of thioether (sulfide) groups is 1. The van der Waals surface area contributed by atoms with Gasteiger partial charge in [0.2, 0.25) is 0 Å². The van der Waals surface area contributed by atoms with E-state index in [0.29, 0.717) is 12.2 Å². The summed E-state index contributed by atoms with van der Waals surface area (Å²) in [6, 6.07) is 2.16. The molecule has 0 aromatic carbocycles. The molecular formula is C18H25N3O2S. The van der Waals surface area contributed by atoms with Gasteiger partial charge >= 0.3 is 5.97 Å². The minimum Gasteiger partial charge on any atom is -0.465 e. The molecule has 0 atom stereocenters. The molecular weight excluding hydrogens is 322 g/mol. The number of rotatable bonds is 10. The van der Waals surface area contributed by atoms with Gasteiger partial charge in [0, 0.05) is 12.8 Å². The first-order valence-electron chi connectivity index (χ1n) is 8.70. The van der Waals surface area contributed by atoms with E-state index in [4.69, 9.17) is 4.74 Å². The summed E-state index contributed by atoms with van der Waals surface area (Å²) in [6.07, 6.45) is 11.6. The number of nitriles is 1. The average Bonchev–Trinajstić information content (AvgIpc) is 3.07. The van der Waals surface area contributed by atoms with Gasteiger partial charge in [-0.25, -0.2) is 4.99 Å². The highest BCUT2D eigenvalue weighted by Crippen LogP contribution is 2.33. The largest absolute Gasteiger partial charge is 0.465 e. The lowest BCUT2D eigenvalue weighted by Crippen LogP contribution is -2.22. The minimum absolute atomic E-state index is 0.217. The molecule has 2 rings (SSSR count). The van der Waals surface area contributed by atoms with Crippen LogP contribution >= 0.6 is 11.8 Å². The highest BCUT2D eigenvalue weighted by atomic mass is 32.2. The van der Waals surface area contributed by atoms with E-state index in [1.165, 1.54) is 37.4 Å². The van der Waals surface area contributed by atoms with Gasteiger partial charge in [0.1, 0.15) is 17.5 Å². The van der Waals surface area contributed by atoms with Gasteiger partial charge in [0.05, 0.1) is 17.4 Å². The van der Waals surface area contributed by atoms with Gasteiger partial charge in [-0.05, 0) is 18.9 Å². The van der Waals surface area contributed by atoms with E-state index < -0.39 is 0 Å². The van der Waals surface area contributed by atoms with E-state index in [1.54, 1.807) is 6.21 Å². The number of fused-ring (bicyclic) bond motifs is 1. The van der Waals surface area contributed by atoms with Crippen LogP contribution in [0.1, 0.15) is 51.9 Å². The molecule has 0 fully saturated rings. The monoisotopic (exact) mass is 347 g/mol. The average molecular weight is 347 g/mol. The Labute approximate surface area is 148 Å². The third-order valence-corrected chi connectivity index (χ3v) is 5.06. The van der Waals surface area contributed by atoms with E-state index in [1.807, 2.05) is 11.0 Å². The van der Waals surface area contributed by atoms with Gasteiger partial charge in [-0.15, -0.1) is 0 Å². The number of allylic oxidation sites excluding steroid dienone is 1. The van der Waals surface area contributed by atoms with Crippen LogP contribution in [0, 0.1) is 11.3 Å². The Morgan fingerprint density at radius 1 is 1.38 bits per heavy atom. The summed E-state index contributed by atoms with van der Waals surface area (Å²) >= 11 is 1.37. The van der Waals surface area contributed by atoms with Crippen molar-refractivity contribution in [2.45, 2.75) is 51.9 Å². The lowest BCUT2D eigenvalue weighted by Gasteiger charge is -2.25. The summed E-state index contributed by atoms with van der Waals surface area (Å²) in [7, 11) is 0. The zero-order chi connectivity index (χ0) is 17.2. The van der Waals surface area contributed by atoms with Crippen molar-refractivity contribution in [2.75, 3.05) is 18.9 Å². The summed E-state index contributed by atoms with van der Waals surface area (Å²) in [6.45, 7) is 3.50. The molecule has 130 valence electrons. The number of unbranched alkanes of at least 4 members (excludes halogenated alkanes) is 5. The van der Waals surface area contributed by atoms with Crippen LogP contribution in [0.5, 0.6) is 0 Å². The zero-order valence-electron chi connectivity index (χ0n) is 14.3. The van der Waals surface area contributed by atoms with Crippen LogP contribution in [0.3, 0.4) is 0 Å². The fourth-order valence-electron chi connectivity index (χ4n) is 2.68. The molecule has 0 aliphatic carbocycles. The van der Waals surface area contributed by atoms with Crippen molar-refractivity contribution in [1.82, 2.24) is 4.90 Å². The number of carbonyl (C=O) groups is 1. The predicted molar refractivity (Wildman–Crippen MR) is 97.3 cm³/mol. The molecule has 0 radical (unpaired) electrons. The molecule has 0 aromatic rings. The fourth-order valence-corrected chi connectivity index (χ4v) is 3.61. The SMILES string of the molecule is CCCCCCCCOC(=O)CSC1=C(C#N)C=NC2=CCCN21. The maximum atomic E-state index is 11.9. The van der Waals surface area contributed by atoms with Crippen LogP contribution in [-0.4, -0.2) is 36.0 Å². The van der Waals surface area contributed by atoms with Crippen LogP contribution in [0.15, 0.2) is 27.5 Å². The first-order valence-corrected chi connectivity index (χ1v) is 9.69. The van der Waals surface area contributed by atoms with E-state index in [-0.39, 0.29) is 11.7 Å². The lowest BCUT2D eigenvalue weighted by molar-refractivity contribution is -0.140. The van der Waals surface area contributed by atoms with E-state index in [2.05, 4.69) is 18.0 Å². The Hall–Kier alpha value is -1.74. The normalized spacial score (nSPS) is 16.0. The third-order valence-electron chi connectivity index (χ3n) is 3.97. The second kappa shape index (κ2) is 10.2. The summed E-state index contributed by atoms with van der Waals surface area (Å²) < 4.78 is 5.29. The first-order chi connectivity index (χ1) is 11.8. The van der Waals surface area contributed by atoms with Crippen molar-refractivity contribution < 1.29 is 9.53 Å². The van der Waals surface area contributed by atoms with Crippen LogP contribution in [-0.2, 0) is 9.53 Å². The molecule has 2 aliphatic heterocycles. The van der Waals surface area contributed by atoms with Crippen molar-refractivity contribution in [2.24, 2.45) is 4.99 Å². The molecule has 0 amide bonds. The Morgan fingerprint density at radius 3 is 2.96 bits per heavy atom. The van der Waals surface area contributed by atoms with Crippen molar-refractivity contribution >= 4 is 23.9 Å². The zero-order valence-corrected chi connectivity index (χ0v) is 15.1. The molecule has 2 heterocycles. The van der Waals surface area contributed by atoms with Crippen LogP contribution in [0.4, 0.5) is 0 Å². The molecule has 0 aromatic heterocycles. The van der Waals surface area contributed by atoms with Crippen LogP contribution in [0.25, 0.3) is 0 Å². The molecule has 24 heavy (non-hydrogen) atoms. The molecule has 0 saturated carbocycles. The van der Waals surface area contributed by atoms with Crippen LogP contribution < -0.4 is 0 Å². The number of carbonyl (C=O) groups excluding carboxylic acids is 1. The summed E-state index contributed by atoms with van der Waals surface area (Å²) in [5.74, 6) is 0.885. The molecule has 6 heteroatoms. The Bertz CT molecular complexity index is 575. The highest BCUT2D eigenvalue weighted by Gasteiger charge is 2.25. The quantitative estimate of drug-likeness (QED) is 0.441. The number of hydrogen-bond donors (Lipinski definition) is 0. The Morgan fingerprint density at radius 2 is 2.17 bits per heavy atom. The topological polar surface area (TPSA) is 65.7 Å². The summed E-state index contributed by atoms with van der Waals surface area (Å²) in [4.78, 5) is 18.2. The van der Waals surface area contributed by atoms with Gasteiger partial charge in [-0.3, -0.25) is 4.79 Å². The Balaban J connectivity index is 1.69. The van der Waals surface area contributed by atoms with Crippen molar-refractivity contribution in [3.05, 3.63) is 22.5 Å². The standard InChI is InChI=1S/C18H25N3O2S/c1-2-3-4-5-6-7-11-23-17(22)14-24-18-15(12-19)13-20-16-9-8-10-21(16)18/h9,13H,2-8,10-11,14H2,1H3. The number of aliphatic imine (C=N–C) groups is 1.